The molecule has 132 valence electrons. The molecule has 0 radical (unpaired) electrons. The van der Waals surface area contributed by atoms with Gasteiger partial charge in [0.15, 0.2) is 0 Å². The van der Waals surface area contributed by atoms with Gasteiger partial charge in [0.25, 0.3) is 0 Å². The molecule has 4 heteroatoms. The minimum Gasteiger partial charge on any atom is -0.297 e. The van der Waals surface area contributed by atoms with Gasteiger partial charge >= 0.3 is 0 Å². The average Bonchev–Trinajstić information content (AvgIpc) is 2.69. The van der Waals surface area contributed by atoms with Crippen LogP contribution in [-0.4, -0.2) is 32.9 Å². The van der Waals surface area contributed by atoms with Gasteiger partial charge in [0.1, 0.15) is 0 Å². The van der Waals surface area contributed by atoms with Crippen LogP contribution in [0.25, 0.3) is 11.3 Å². The Hall–Kier alpha value is -2.59. The highest BCUT2D eigenvalue weighted by Gasteiger charge is 2.23. The molecule has 3 aromatic rings. The molecule has 4 nitrogen and oxygen atoms in total. The molecule has 0 aliphatic carbocycles. The van der Waals surface area contributed by atoms with Crippen molar-refractivity contribution in [1.82, 2.24) is 19.9 Å². The predicted molar refractivity (Wildman–Crippen MR) is 104 cm³/mol. The van der Waals surface area contributed by atoms with Crippen molar-refractivity contribution in [3.63, 3.8) is 0 Å². The number of benzene rings is 1. The van der Waals surface area contributed by atoms with E-state index >= 15 is 0 Å². The summed E-state index contributed by atoms with van der Waals surface area (Å²) in [5.74, 6) is 0.435. The number of aryl methyl sites for hydroxylation is 1. The quantitative estimate of drug-likeness (QED) is 0.710. The molecule has 26 heavy (non-hydrogen) atoms. The first-order valence-corrected chi connectivity index (χ1v) is 9.29. The zero-order valence-electron chi connectivity index (χ0n) is 15.2. The first-order valence-electron chi connectivity index (χ1n) is 9.29. The second kappa shape index (κ2) is 7.75. The molecule has 1 aliphatic heterocycles. The molecule has 0 N–H and O–H groups in total. The van der Waals surface area contributed by atoms with Crippen LogP contribution in [0.3, 0.4) is 0 Å². The van der Waals surface area contributed by atoms with Crippen molar-refractivity contribution in [1.29, 1.82) is 0 Å². The molecular weight excluding hydrogens is 320 g/mol. The Labute approximate surface area is 155 Å². The molecule has 1 atom stereocenters. The third-order valence-corrected chi connectivity index (χ3v) is 5.00. The fraction of sp³-hybridized carbons (Fsp3) is 0.318. The van der Waals surface area contributed by atoms with Crippen LogP contribution in [0.15, 0.2) is 61.1 Å². The van der Waals surface area contributed by atoms with Gasteiger partial charge in [-0.1, -0.05) is 29.8 Å². The van der Waals surface area contributed by atoms with Crippen LogP contribution in [0.5, 0.6) is 0 Å². The van der Waals surface area contributed by atoms with Crippen LogP contribution in [-0.2, 0) is 6.54 Å². The third kappa shape index (κ3) is 3.97. The highest BCUT2D eigenvalue weighted by Crippen LogP contribution is 2.27. The van der Waals surface area contributed by atoms with E-state index in [1.165, 1.54) is 18.4 Å². The molecule has 4 rings (SSSR count). The molecule has 3 heterocycles. The van der Waals surface area contributed by atoms with Crippen molar-refractivity contribution < 1.29 is 0 Å². The summed E-state index contributed by atoms with van der Waals surface area (Å²) < 4.78 is 0. The van der Waals surface area contributed by atoms with Crippen molar-refractivity contribution in [2.75, 3.05) is 13.1 Å². The summed E-state index contributed by atoms with van der Waals surface area (Å²) in [4.78, 5) is 16.4. The Kier molecular flexibility index (Phi) is 5.02. The Morgan fingerprint density at radius 1 is 1.12 bits per heavy atom. The summed E-state index contributed by atoms with van der Waals surface area (Å²) in [6.45, 7) is 5.15. The van der Waals surface area contributed by atoms with Crippen LogP contribution in [0.4, 0.5) is 0 Å². The highest BCUT2D eigenvalue weighted by molar-refractivity contribution is 5.59. The smallest absolute Gasteiger partial charge is 0.0888 e. The van der Waals surface area contributed by atoms with Gasteiger partial charge in [0, 0.05) is 37.0 Å². The van der Waals surface area contributed by atoms with Gasteiger partial charge in [-0.2, -0.15) is 0 Å². The molecule has 0 saturated carbocycles. The zero-order chi connectivity index (χ0) is 17.8. The lowest BCUT2D eigenvalue weighted by atomic mass is 9.94. The minimum absolute atomic E-state index is 0.435. The van der Waals surface area contributed by atoms with E-state index in [1.807, 2.05) is 24.7 Å². The SMILES string of the molecule is Cc1cccc(-c2cncc([C@@H]3CCCN(Cc4ccccn4)C3)n2)c1. The molecule has 0 spiro atoms. The van der Waals surface area contributed by atoms with E-state index in [0.29, 0.717) is 5.92 Å². The van der Waals surface area contributed by atoms with Gasteiger partial charge in [-0.05, 0) is 44.5 Å². The Morgan fingerprint density at radius 3 is 2.92 bits per heavy atom. The third-order valence-electron chi connectivity index (χ3n) is 5.00. The number of nitrogens with zero attached hydrogens (tertiary/aromatic N) is 4. The van der Waals surface area contributed by atoms with Gasteiger partial charge in [-0.25, -0.2) is 4.98 Å². The average molecular weight is 344 g/mol. The van der Waals surface area contributed by atoms with Crippen molar-refractivity contribution in [2.45, 2.75) is 32.2 Å². The molecular formula is C22H24N4. The maximum Gasteiger partial charge on any atom is 0.0888 e. The summed E-state index contributed by atoms with van der Waals surface area (Å²) in [6.07, 6.45) is 8.03. The van der Waals surface area contributed by atoms with Crippen LogP contribution >= 0.6 is 0 Å². The second-order valence-electron chi connectivity index (χ2n) is 7.09. The van der Waals surface area contributed by atoms with Gasteiger partial charge < -0.3 is 0 Å². The number of hydrogen-bond acceptors (Lipinski definition) is 4. The molecule has 1 fully saturated rings. The maximum absolute atomic E-state index is 4.94. The molecule has 0 unspecified atom stereocenters. The normalized spacial score (nSPS) is 18.0. The number of hydrogen-bond donors (Lipinski definition) is 0. The Balaban J connectivity index is 1.51. The second-order valence-corrected chi connectivity index (χ2v) is 7.09. The summed E-state index contributed by atoms with van der Waals surface area (Å²) >= 11 is 0. The summed E-state index contributed by atoms with van der Waals surface area (Å²) in [5.41, 5.74) is 5.59. The van der Waals surface area contributed by atoms with Crippen molar-refractivity contribution in [3.8, 4) is 11.3 Å². The summed E-state index contributed by atoms with van der Waals surface area (Å²) in [5, 5.41) is 0. The first-order chi connectivity index (χ1) is 12.8. The molecule has 1 aliphatic rings. The van der Waals surface area contributed by atoms with E-state index in [9.17, 15) is 0 Å². The highest BCUT2D eigenvalue weighted by atomic mass is 15.1. The molecule has 2 aromatic heterocycles. The van der Waals surface area contributed by atoms with E-state index < -0.39 is 0 Å². The lowest BCUT2D eigenvalue weighted by Crippen LogP contribution is -2.34. The molecule has 1 saturated heterocycles. The number of aromatic nitrogens is 3. The minimum atomic E-state index is 0.435. The Bertz CT molecular complexity index is 863. The van der Waals surface area contributed by atoms with Crippen LogP contribution in [0.2, 0.25) is 0 Å². The predicted octanol–water partition coefficient (Wildman–Crippen LogP) is 4.23. The van der Waals surface area contributed by atoms with Gasteiger partial charge in [0.2, 0.25) is 0 Å². The van der Waals surface area contributed by atoms with Crippen molar-refractivity contribution in [2.24, 2.45) is 0 Å². The fourth-order valence-corrected chi connectivity index (χ4v) is 3.68. The number of pyridine rings is 1. The lowest BCUT2D eigenvalue weighted by molar-refractivity contribution is 0.196. The van der Waals surface area contributed by atoms with Crippen molar-refractivity contribution in [3.05, 3.63) is 78.0 Å². The molecule has 0 bridgehead atoms. The summed E-state index contributed by atoms with van der Waals surface area (Å²) in [7, 11) is 0. The largest absolute Gasteiger partial charge is 0.297 e. The maximum atomic E-state index is 4.94. The fourth-order valence-electron chi connectivity index (χ4n) is 3.68. The van der Waals surface area contributed by atoms with Gasteiger partial charge in [-0.15, -0.1) is 0 Å². The van der Waals surface area contributed by atoms with Crippen LogP contribution in [0.1, 0.15) is 35.7 Å². The topological polar surface area (TPSA) is 41.9 Å². The first kappa shape index (κ1) is 16.9. The molecule has 1 aromatic carbocycles. The molecule has 0 amide bonds. The summed E-state index contributed by atoms with van der Waals surface area (Å²) in [6, 6.07) is 14.6. The Morgan fingerprint density at radius 2 is 2.08 bits per heavy atom. The zero-order valence-corrected chi connectivity index (χ0v) is 15.2. The number of rotatable bonds is 4. The van der Waals surface area contributed by atoms with Gasteiger partial charge in [0.05, 0.1) is 23.3 Å². The van der Waals surface area contributed by atoms with Crippen LogP contribution in [0, 0.1) is 6.92 Å². The van der Waals surface area contributed by atoms with Gasteiger partial charge in [-0.3, -0.25) is 14.9 Å². The van der Waals surface area contributed by atoms with Crippen molar-refractivity contribution >= 4 is 0 Å². The monoisotopic (exact) mass is 344 g/mol. The lowest BCUT2D eigenvalue weighted by Gasteiger charge is -2.32. The van der Waals surface area contributed by atoms with E-state index in [-0.39, 0.29) is 0 Å². The van der Waals surface area contributed by atoms with E-state index in [4.69, 9.17) is 4.98 Å². The van der Waals surface area contributed by atoms with E-state index in [1.54, 1.807) is 0 Å². The number of likely N-dealkylation sites (tertiary alicyclic amines) is 1. The van der Waals surface area contributed by atoms with E-state index in [2.05, 4.69) is 58.2 Å². The number of piperidine rings is 1. The standard InChI is InChI=1S/C22H24N4/c1-17-6-4-7-18(12-17)21-13-23-14-22(25-21)19-8-5-11-26(15-19)16-20-9-2-3-10-24-20/h2-4,6-7,9-10,12-14,19H,5,8,11,15-16H2,1H3/t19-/m1/s1. The van der Waals surface area contributed by atoms with Crippen LogP contribution < -0.4 is 0 Å². The van der Waals surface area contributed by atoms with E-state index in [0.717, 1.165) is 42.3 Å².